The molecule has 120 valence electrons. The first-order valence-corrected chi connectivity index (χ1v) is 7.89. The van der Waals surface area contributed by atoms with Crippen molar-refractivity contribution in [2.24, 2.45) is 0 Å². The van der Waals surface area contributed by atoms with E-state index in [1.807, 2.05) is 18.2 Å². The van der Waals surface area contributed by atoms with E-state index < -0.39 is 0 Å². The zero-order chi connectivity index (χ0) is 16.5. The third-order valence-corrected chi connectivity index (χ3v) is 3.51. The second kappa shape index (κ2) is 8.91. The summed E-state index contributed by atoms with van der Waals surface area (Å²) in [6.45, 7) is 4.01. The molecule has 0 amide bonds. The van der Waals surface area contributed by atoms with Gasteiger partial charge in [-0.2, -0.15) is 0 Å². The van der Waals surface area contributed by atoms with Crippen molar-refractivity contribution in [1.82, 2.24) is 5.32 Å². The van der Waals surface area contributed by atoms with Crippen LogP contribution in [0, 0.1) is 0 Å². The van der Waals surface area contributed by atoms with E-state index in [-0.39, 0.29) is 5.78 Å². The minimum atomic E-state index is -0.0119. The highest BCUT2D eigenvalue weighted by Gasteiger charge is 2.02. The first-order chi connectivity index (χ1) is 11.2. The van der Waals surface area contributed by atoms with Crippen molar-refractivity contribution < 1.29 is 9.53 Å². The fourth-order valence-corrected chi connectivity index (χ4v) is 2.24. The normalized spacial score (nSPS) is 10.9. The van der Waals surface area contributed by atoms with E-state index in [9.17, 15) is 4.79 Å². The fourth-order valence-electron chi connectivity index (χ4n) is 2.24. The lowest BCUT2D eigenvalue weighted by Gasteiger charge is -2.04. The van der Waals surface area contributed by atoms with Crippen LogP contribution in [-0.4, -0.2) is 19.4 Å². The molecule has 0 aliphatic carbocycles. The van der Waals surface area contributed by atoms with Gasteiger partial charge >= 0.3 is 0 Å². The molecule has 0 radical (unpaired) electrons. The molecule has 0 fully saturated rings. The Balaban J connectivity index is 2.00. The van der Waals surface area contributed by atoms with E-state index in [4.69, 9.17) is 4.74 Å². The van der Waals surface area contributed by atoms with Gasteiger partial charge in [-0.15, -0.1) is 0 Å². The number of methoxy groups -OCH3 is 1. The molecule has 0 aliphatic heterocycles. The summed E-state index contributed by atoms with van der Waals surface area (Å²) >= 11 is 0. The van der Waals surface area contributed by atoms with Crippen LogP contribution >= 0.6 is 0 Å². The van der Waals surface area contributed by atoms with E-state index in [1.165, 1.54) is 5.56 Å². The molecule has 2 rings (SSSR count). The third-order valence-electron chi connectivity index (χ3n) is 3.51. The van der Waals surface area contributed by atoms with Gasteiger partial charge < -0.3 is 10.1 Å². The number of rotatable bonds is 8. The number of benzene rings is 2. The summed E-state index contributed by atoms with van der Waals surface area (Å²) in [6.07, 6.45) is 4.59. The van der Waals surface area contributed by atoms with Gasteiger partial charge in [0.1, 0.15) is 5.75 Å². The molecular weight excluding hydrogens is 286 g/mol. The average molecular weight is 309 g/mol. The maximum Gasteiger partial charge on any atom is 0.185 e. The smallest absolute Gasteiger partial charge is 0.185 e. The molecule has 1 N–H and O–H groups in total. The molecule has 23 heavy (non-hydrogen) atoms. The van der Waals surface area contributed by atoms with Crippen molar-refractivity contribution in [2.45, 2.75) is 19.9 Å². The Hall–Kier alpha value is -2.39. The SMILES string of the molecule is CCCNCc1cccc(C=CC(=O)c2ccc(OC)cc2)c1. The Bertz CT molecular complexity index is 660. The predicted molar refractivity (Wildman–Crippen MR) is 94.8 cm³/mol. The van der Waals surface area contributed by atoms with Crippen LogP contribution in [-0.2, 0) is 6.54 Å². The second-order valence-corrected chi connectivity index (χ2v) is 5.35. The minimum Gasteiger partial charge on any atom is -0.497 e. The number of allylic oxidation sites excluding steroid dienone is 1. The largest absolute Gasteiger partial charge is 0.497 e. The van der Waals surface area contributed by atoms with Crippen molar-refractivity contribution in [3.63, 3.8) is 0 Å². The first kappa shape index (κ1) is 17.0. The molecule has 2 aromatic rings. The standard InChI is InChI=1S/C20H23NO2/c1-3-13-21-15-17-6-4-5-16(14-17)7-12-20(22)18-8-10-19(23-2)11-9-18/h4-12,14,21H,3,13,15H2,1-2H3. The van der Waals surface area contributed by atoms with Gasteiger partial charge in [-0.05, 0) is 54.4 Å². The van der Waals surface area contributed by atoms with Crippen molar-refractivity contribution in [3.8, 4) is 5.75 Å². The molecule has 0 atom stereocenters. The molecular formula is C20H23NO2. The van der Waals surface area contributed by atoms with Gasteiger partial charge in [0, 0.05) is 12.1 Å². The van der Waals surface area contributed by atoms with Gasteiger partial charge in [0.25, 0.3) is 0 Å². The van der Waals surface area contributed by atoms with Crippen molar-refractivity contribution >= 4 is 11.9 Å². The van der Waals surface area contributed by atoms with E-state index in [0.717, 1.165) is 30.8 Å². The summed E-state index contributed by atoms with van der Waals surface area (Å²) in [4.78, 5) is 12.2. The lowest BCUT2D eigenvalue weighted by molar-refractivity contribution is 0.104. The summed E-state index contributed by atoms with van der Waals surface area (Å²) in [5.74, 6) is 0.736. The van der Waals surface area contributed by atoms with E-state index >= 15 is 0 Å². The van der Waals surface area contributed by atoms with Crippen LogP contribution in [0.5, 0.6) is 5.75 Å². The van der Waals surface area contributed by atoms with E-state index in [1.54, 1.807) is 37.5 Å². The zero-order valence-corrected chi connectivity index (χ0v) is 13.7. The molecule has 0 aliphatic rings. The van der Waals surface area contributed by atoms with Crippen LogP contribution < -0.4 is 10.1 Å². The first-order valence-electron chi connectivity index (χ1n) is 7.89. The second-order valence-electron chi connectivity index (χ2n) is 5.35. The molecule has 0 bridgehead atoms. The number of hydrogen-bond acceptors (Lipinski definition) is 3. The topological polar surface area (TPSA) is 38.3 Å². The van der Waals surface area contributed by atoms with Crippen LogP contribution in [0.3, 0.4) is 0 Å². The molecule has 0 saturated carbocycles. The number of nitrogens with one attached hydrogen (secondary N) is 1. The van der Waals surface area contributed by atoms with E-state index in [0.29, 0.717) is 5.56 Å². The molecule has 2 aromatic carbocycles. The Kier molecular flexibility index (Phi) is 6.57. The third kappa shape index (κ3) is 5.38. The highest BCUT2D eigenvalue weighted by molar-refractivity contribution is 6.06. The van der Waals surface area contributed by atoms with Crippen LogP contribution in [0.4, 0.5) is 0 Å². The Morgan fingerprint density at radius 3 is 2.65 bits per heavy atom. The Morgan fingerprint density at radius 2 is 1.96 bits per heavy atom. The maximum absolute atomic E-state index is 12.2. The predicted octanol–water partition coefficient (Wildman–Crippen LogP) is 4.09. The van der Waals surface area contributed by atoms with Crippen LogP contribution in [0.1, 0.15) is 34.8 Å². The van der Waals surface area contributed by atoms with Crippen LogP contribution in [0.25, 0.3) is 6.08 Å². The quantitative estimate of drug-likeness (QED) is 0.453. The molecule has 0 saturated heterocycles. The van der Waals surface area contributed by atoms with Crippen molar-refractivity contribution in [1.29, 1.82) is 0 Å². The number of ether oxygens (including phenoxy) is 1. The van der Waals surface area contributed by atoms with E-state index in [2.05, 4.69) is 24.4 Å². The zero-order valence-electron chi connectivity index (χ0n) is 13.7. The van der Waals surface area contributed by atoms with Crippen molar-refractivity contribution in [2.75, 3.05) is 13.7 Å². The monoisotopic (exact) mass is 309 g/mol. The number of hydrogen-bond donors (Lipinski definition) is 1. The molecule has 0 aromatic heterocycles. The van der Waals surface area contributed by atoms with Gasteiger partial charge in [0.05, 0.1) is 7.11 Å². The van der Waals surface area contributed by atoms with Gasteiger partial charge in [-0.1, -0.05) is 37.3 Å². The van der Waals surface area contributed by atoms with Crippen LogP contribution in [0.2, 0.25) is 0 Å². The molecule has 0 spiro atoms. The fraction of sp³-hybridized carbons (Fsp3) is 0.250. The average Bonchev–Trinajstić information content (AvgIpc) is 2.60. The van der Waals surface area contributed by atoms with Gasteiger partial charge in [-0.3, -0.25) is 4.79 Å². The number of ketones is 1. The molecule has 0 heterocycles. The highest BCUT2D eigenvalue weighted by Crippen LogP contribution is 2.13. The highest BCUT2D eigenvalue weighted by atomic mass is 16.5. The van der Waals surface area contributed by atoms with Gasteiger partial charge in [-0.25, -0.2) is 0 Å². The van der Waals surface area contributed by atoms with Crippen LogP contribution in [0.15, 0.2) is 54.6 Å². The Labute approximate surface area is 138 Å². The summed E-state index contributed by atoms with van der Waals surface area (Å²) in [7, 11) is 1.61. The van der Waals surface area contributed by atoms with Gasteiger partial charge in [0.2, 0.25) is 0 Å². The maximum atomic E-state index is 12.2. The molecule has 3 nitrogen and oxygen atoms in total. The summed E-state index contributed by atoms with van der Waals surface area (Å²) in [5.41, 5.74) is 2.91. The van der Waals surface area contributed by atoms with Crippen molar-refractivity contribution in [3.05, 3.63) is 71.3 Å². The number of carbonyl (C=O) groups excluding carboxylic acids is 1. The summed E-state index contributed by atoms with van der Waals surface area (Å²) in [6, 6.07) is 15.3. The minimum absolute atomic E-state index is 0.0119. The molecule has 3 heteroatoms. The molecule has 0 unspecified atom stereocenters. The lowest BCUT2D eigenvalue weighted by Crippen LogP contribution is -2.13. The Morgan fingerprint density at radius 1 is 1.17 bits per heavy atom. The number of carbonyl (C=O) groups is 1. The van der Waals surface area contributed by atoms with Gasteiger partial charge in [0.15, 0.2) is 5.78 Å². The summed E-state index contributed by atoms with van der Waals surface area (Å²) < 4.78 is 5.10. The summed E-state index contributed by atoms with van der Waals surface area (Å²) in [5, 5.41) is 3.38. The lowest BCUT2D eigenvalue weighted by atomic mass is 10.1.